The number of rotatable bonds is 5. The molecule has 11 heteroatoms. The van der Waals surface area contributed by atoms with Crippen molar-refractivity contribution in [1.82, 2.24) is 4.98 Å². The number of benzene rings is 2. The maximum Gasteiger partial charge on any atom is 0.534 e. The standard InChI is InChI=1S/C17H15ClFN.C13H12F4O3S/c18-17-11-13(9-10-20-17)16-4-2-1-3-15(16)12-5-7-14(19)8-6-12;14-10-7-5-9(6-8-10)11-3-1-2-4-12(11)20-21(18,19)13(15,16)17/h5-11H,1-4H2;5-8H,1-4H2. The Morgan fingerprint density at radius 2 is 1.15 bits per heavy atom. The molecule has 0 atom stereocenters. The van der Waals surface area contributed by atoms with Gasteiger partial charge in [-0.2, -0.15) is 21.6 Å². The van der Waals surface area contributed by atoms with E-state index in [2.05, 4.69) is 9.17 Å². The SMILES string of the molecule is Fc1ccc(C2=C(c3ccnc(Cl)c3)CCCC2)cc1.O=S(=O)(OC1=C(c2ccc(F)cc2)CCCC1)C(F)(F)F. The summed E-state index contributed by atoms with van der Waals surface area (Å²) < 4.78 is 89.6. The van der Waals surface area contributed by atoms with Crippen LogP contribution in [0.4, 0.5) is 22.0 Å². The molecule has 1 aromatic heterocycles. The number of aromatic nitrogens is 1. The minimum absolute atomic E-state index is 0.0992. The second kappa shape index (κ2) is 13.2. The Morgan fingerprint density at radius 1 is 0.683 bits per heavy atom. The van der Waals surface area contributed by atoms with Gasteiger partial charge in [-0.3, -0.25) is 0 Å². The fourth-order valence-corrected chi connectivity index (χ4v) is 5.61. The van der Waals surface area contributed by atoms with Crippen LogP contribution in [0.25, 0.3) is 16.7 Å². The van der Waals surface area contributed by atoms with Crippen LogP contribution < -0.4 is 0 Å². The number of hydrogen-bond acceptors (Lipinski definition) is 4. The van der Waals surface area contributed by atoms with Gasteiger partial charge in [-0.25, -0.2) is 13.8 Å². The van der Waals surface area contributed by atoms with E-state index in [-0.39, 0.29) is 18.0 Å². The number of alkyl halides is 3. The van der Waals surface area contributed by atoms with Crippen molar-refractivity contribution in [3.8, 4) is 0 Å². The van der Waals surface area contributed by atoms with Gasteiger partial charge in [0.2, 0.25) is 0 Å². The minimum atomic E-state index is -5.68. The summed E-state index contributed by atoms with van der Waals surface area (Å²) in [5.74, 6) is -0.899. The zero-order valence-electron chi connectivity index (χ0n) is 21.9. The summed E-state index contributed by atoms with van der Waals surface area (Å²) in [6.07, 6.45) is 7.87. The lowest BCUT2D eigenvalue weighted by atomic mass is 9.84. The number of allylic oxidation sites excluding steroid dienone is 4. The molecule has 5 rings (SSSR count). The Morgan fingerprint density at radius 3 is 1.66 bits per heavy atom. The van der Waals surface area contributed by atoms with E-state index in [0.717, 1.165) is 36.1 Å². The van der Waals surface area contributed by atoms with Crippen LogP contribution in [0.15, 0.2) is 72.6 Å². The first-order chi connectivity index (χ1) is 19.4. The Labute approximate surface area is 240 Å². The predicted octanol–water partition coefficient (Wildman–Crippen LogP) is 9.34. The fourth-order valence-electron chi connectivity index (χ4n) is 4.89. The van der Waals surface area contributed by atoms with Crippen molar-refractivity contribution >= 4 is 38.4 Å². The zero-order chi connectivity index (χ0) is 29.6. The third-order valence-electron chi connectivity index (χ3n) is 6.84. The molecule has 0 spiro atoms. The molecule has 0 radical (unpaired) electrons. The van der Waals surface area contributed by atoms with Crippen LogP contribution in [0.3, 0.4) is 0 Å². The molecule has 0 saturated carbocycles. The van der Waals surface area contributed by atoms with E-state index in [9.17, 15) is 30.4 Å². The van der Waals surface area contributed by atoms with Crippen LogP contribution >= 0.6 is 11.6 Å². The monoisotopic (exact) mass is 611 g/mol. The summed E-state index contributed by atoms with van der Waals surface area (Å²) in [5, 5.41) is 0.513. The van der Waals surface area contributed by atoms with Crippen molar-refractivity contribution in [2.75, 3.05) is 0 Å². The van der Waals surface area contributed by atoms with Gasteiger partial charge in [0, 0.05) is 12.6 Å². The Hall–Kier alpha value is -3.24. The van der Waals surface area contributed by atoms with E-state index in [4.69, 9.17) is 11.6 Å². The lowest BCUT2D eigenvalue weighted by Gasteiger charge is -2.21. The first-order valence-electron chi connectivity index (χ1n) is 13.0. The van der Waals surface area contributed by atoms with Crippen LogP contribution in [0.1, 0.15) is 68.1 Å². The molecular formula is C30H27ClF5NO3S. The van der Waals surface area contributed by atoms with Gasteiger partial charge in [-0.1, -0.05) is 35.9 Å². The predicted molar refractivity (Wildman–Crippen MR) is 149 cm³/mol. The van der Waals surface area contributed by atoms with Crippen LogP contribution in [0.5, 0.6) is 0 Å². The Balaban J connectivity index is 0.000000189. The summed E-state index contributed by atoms with van der Waals surface area (Å²) in [7, 11) is -5.68. The molecule has 218 valence electrons. The number of hydrogen-bond donors (Lipinski definition) is 0. The van der Waals surface area contributed by atoms with Crippen molar-refractivity contribution in [1.29, 1.82) is 0 Å². The van der Waals surface area contributed by atoms with Crippen LogP contribution in [-0.2, 0) is 14.3 Å². The molecule has 1 heterocycles. The van der Waals surface area contributed by atoms with E-state index in [1.165, 1.54) is 48.3 Å². The van der Waals surface area contributed by atoms with Gasteiger partial charge in [0.1, 0.15) is 22.5 Å². The Bertz CT molecular complexity index is 1530. The summed E-state index contributed by atoms with van der Waals surface area (Å²) in [4.78, 5) is 4.04. The quantitative estimate of drug-likeness (QED) is 0.125. The van der Waals surface area contributed by atoms with Gasteiger partial charge in [-0.15, -0.1) is 0 Å². The largest absolute Gasteiger partial charge is 0.534 e. The maximum atomic E-state index is 13.1. The molecule has 0 saturated heterocycles. The van der Waals surface area contributed by atoms with Crippen molar-refractivity contribution in [3.63, 3.8) is 0 Å². The highest BCUT2D eigenvalue weighted by atomic mass is 35.5. The van der Waals surface area contributed by atoms with E-state index >= 15 is 0 Å². The van der Waals surface area contributed by atoms with Crippen LogP contribution in [-0.4, -0.2) is 18.9 Å². The highest BCUT2D eigenvalue weighted by Crippen LogP contribution is 2.39. The van der Waals surface area contributed by atoms with Gasteiger partial charge in [0.15, 0.2) is 0 Å². The second-order valence-corrected chi connectivity index (χ2v) is 11.6. The van der Waals surface area contributed by atoms with E-state index < -0.39 is 21.4 Å². The molecule has 41 heavy (non-hydrogen) atoms. The van der Waals surface area contributed by atoms with E-state index in [0.29, 0.717) is 35.6 Å². The third-order valence-corrected chi connectivity index (χ3v) is 8.03. The van der Waals surface area contributed by atoms with Gasteiger partial charge in [0.25, 0.3) is 0 Å². The van der Waals surface area contributed by atoms with E-state index in [1.54, 1.807) is 6.20 Å². The summed E-state index contributed by atoms with van der Waals surface area (Å²) in [6, 6.07) is 15.8. The zero-order valence-corrected chi connectivity index (χ0v) is 23.4. The highest BCUT2D eigenvalue weighted by Gasteiger charge is 2.49. The first kappa shape index (κ1) is 30.7. The van der Waals surface area contributed by atoms with Gasteiger partial charge >= 0.3 is 15.6 Å². The molecule has 0 fully saturated rings. The van der Waals surface area contributed by atoms with Crippen molar-refractivity contribution in [2.45, 2.75) is 56.9 Å². The average molecular weight is 612 g/mol. The molecule has 0 N–H and O–H groups in total. The second-order valence-electron chi connectivity index (χ2n) is 9.64. The van der Waals surface area contributed by atoms with Gasteiger partial charge in [0.05, 0.1) is 0 Å². The average Bonchev–Trinajstić information content (AvgIpc) is 2.94. The lowest BCUT2D eigenvalue weighted by Crippen LogP contribution is -2.26. The highest BCUT2D eigenvalue weighted by molar-refractivity contribution is 7.87. The molecule has 0 amide bonds. The minimum Gasteiger partial charge on any atom is -0.380 e. The van der Waals surface area contributed by atoms with Crippen LogP contribution in [0, 0.1) is 11.6 Å². The van der Waals surface area contributed by atoms with Crippen molar-refractivity contribution in [2.24, 2.45) is 0 Å². The number of nitrogens with zero attached hydrogens (tertiary/aromatic N) is 1. The van der Waals surface area contributed by atoms with Gasteiger partial charge < -0.3 is 4.18 Å². The van der Waals surface area contributed by atoms with Crippen molar-refractivity contribution in [3.05, 3.63) is 106 Å². The lowest BCUT2D eigenvalue weighted by molar-refractivity contribution is -0.0523. The Kier molecular flexibility index (Phi) is 9.86. The molecule has 0 aliphatic heterocycles. The molecule has 0 bridgehead atoms. The number of pyridine rings is 1. The molecular weight excluding hydrogens is 585 g/mol. The topological polar surface area (TPSA) is 56.3 Å². The molecule has 0 unspecified atom stereocenters. The molecule has 3 aromatic rings. The smallest absolute Gasteiger partial charge is 0.380 e. The van der Waals surface area contributed by atoms with Gasteiger partial charge in [-0.05, 0) is 115 Å². The first-order valence-corrected chi connectivity index (χ1v) is 14.8. The summed E-state index contributed by atoms with van der Waals surface area (Å²) in [5.41, 5.74) is 0.215. The summed E-state index contributed by atoms with van der Waals surface area (Å²) in [6.45, 7) is 0. The maximum absolute atomic E-state index is 13.1. The molecule has 2 aromatic carbocycles. The number of halogens is 6. The normalized spacial score (nSPS) is 16.2. The van der Waals surface area contributed by atoms with E-state index in [1.807, 2.05) is 24.3 Å². The van der Waals surface area contributed by atoms with Crippen LogP contribution in [0.2, 0.25) is 5.15 Å². The molecule has 2 aliphatic carbocycles. The molecule has 2 aliphatic rings. The fraction of sp³-hybridized carbons (Fsp3) is 0.300. The third kappa shape index (κ3) is 7.95. The summed E-state index contributed by atoms with van der Waals surface area (Å²) >= 11 is 6.00. The van der Waals surface area contributed by atoms with Crippen molar-refractivity contribution < 1.29 is 34.6 Å². The molecule has 4 nitrogen and oxygen atoms in total.